The number of para-hydroxylation sites is 1. The average Bonchev–Trinajstić information content (AvgIpc) is 2.46. The SMILES string of the molecule is O=[N+]([O-])c1cccc(COc2c(Br)cccc2CBr)c1. The van der Waals surface area contributed by atoms with Crippen LogP contribution in [0.15, 0.2) is 46.9 Å². The molecular weight excluding hydrogens is 390 g/mol. The van der Waals surface area contributed by atoms with Crippen molar-refractivity contribution < 1.29 is 9.66 Å². The average molecular weight is 401 g/mol. The Morgan fingerprint density at radius 2 is 1.95 bits per heavy atom. The van der Waals surface area contributed by atoms with E-state index < -0.39 is 4.92 Å². The molecule has 0 aliphatic rings. The van der Waals surface area contributed by atoms with Crippen LogP contribution in [0, 0.1) is 10.1 Å². The minimum atomic E-state index is -0.411. The molecule has 0 saturated carbocycles. The van der Waals surface area contributed by atoms with Crippen molar-refractivity contribution in [2.45, 2.75) is 11.9 Å². The molecule has 0 saturated heterocycles. The Hall–Kier alpha value is -1.40. The Labute approximate surface area is 133 Å². The number of halogens is 2. The van der Waals surface area contributed by atoms with Crippen molar-refractivity contribution in [2.75, 3.05) is 0 Å². The van der Waals surface area contributed by atoms with Gasteiger partial charge < -0.3 is 4.74 Å². The number of nitrogens with zero attached hydrogens (tertiary/aromatic N) is 1. The van der Waals surface area contributed by atoms with Crippen LogP contribution in [0.1, 0.15) is 11.1 Å². The first-order valence-electron chi connectivity index (χ1n) is 5.81. The summed E-state index contributed by atoms with van der Waals surface area (Å²) in [7, 11) is 0. The van der Waals surface area contributed by atoms with Crippen molar-refractivity contribution in [3.63, 3.8) is 0 Å². The van der Waals surface area contributed by atoms with Crippen LogP contribution >= 0.6 is 31.9 Å². The van der Waals surface area contributed by atoms with E-state index in [2.05, 4.69) is 31.9 Å². The number of non-ortho nitro benzene ring substituents is 1. The highest BCUT2D eigenvalue weighted by molar-refractivity contribution is 9.10. The van der Waals surface area contributed by atoms with Crippen LogP contribution in [0.3, 0.4) is 0 Å². The van der Waals surface area contributed by atoms with Gasteiger partial charge >= 0.3 is 0 Å². The summed E-state index contributed by atoms with van der Waals surface area (Å²) in [5, 5.41) is 11.4. The number of hydrogen-bond acceptors (Lipinski definition) is 3. The Balaban J connectivity index is 2.17. The fourth-order valence-electron chi connectivity index (χ4n) is 1.74. The number of alkyl halides is 1. The van der Waals surface area contributed by atoms with Crippen molar-refractivity contribution in [1.29, 1.82) is 0 Å². The summed E-state index contributed by atoms with van der Waals surface area (Å²) in [4.78, 5) is 10.3. The summed E-state index contributed by atoms with van der Waals surface area (Å²) in [6.07, 6.45) is 0. The second-order valence-corrected chi connectivity index (χ2v) is 5.49. The lowest BCUT2D eigenvalue weighted by Gasteiger charge is -2.12. The minimum Gasteiger partial charge on any atom is -0.487 e. The molecule has 0 amide bonds. The Morgan fingerprint density at radius 3 is 2.65 bits per heavy atom. The summed E-state index contributed by atoms with van der Waals surface area (Å²) in [6.45, 7) is 0.282. The minimum absolute atomic E-state index is 0.0685. The van der Waals surface area contributed by atoms with Crippen molar-refractivity contribution in [1.82, 2.24) is 0 Å². The third kappa shape index (κ3) is 3.58. The largest absolute Gasteiger partial charge is 0.487 e. The normalized spacial score (nSPS) is 10.3. The van der Waals surface area contributed by atoms with Crippen LogP contribution < -0.4 is 4.74 Å². The molecule has 6 heteroatoms. The van der Waals surface area contributed by atoms with Gasteiger partial charge in [0.15, 0.2) is 0 Å². The smallest absolute Gasteiger partial charge is 0.269 e. The van der Waals surface area contributed by atoms with Crippen LogP contribution in [0.4, 0.5) is 5.69 Å². The molecule has 0 bridgehead atoms. The third-order valence-electron chi connectivity index (χ3n) is 2.70. The van der Waals surface area contributed by atoms with E-state index >= 15 is 0 Å². The maximum atomic E-state index is 10.7. The van der Waals surface area contributed by atoms with Crippen molar-refractivity contribution in [2.24, 2.45) is 0 Å². The van der Waals surface area contributed by atoms with Gasteiger partial charge in [-0.2, -0.15) is 0 Å². The first-order valence-corrected chi connectivity index (χ1v) is 7.72. The van der Waals surface area contributed by atoms with Gasteiger partial charge in [-0.25, -0.2) is 0 Å². The standard InChI is InChI=1S/C14H11Br2NO3/c15-8-11-4-2-6-13(16)14(11)20-9-10-3-1-5-12(7-10)17(18)19/h1-7H,8-9H2. The van der Waals surface area contributed by atoms with Crippen LogP contribution in [-0.4, -0.2) is 4.92 Å². The number of rotatable bonds is 5. The Bertz CT molecular complexity index is 632. The Kier molecular flexibility index (Phi) is 5.14. The second-order valence-electron chi connectivity index (χ2n) is 4.08. The molecule has 0 aliphatic heterocycles. The molecule has 4 nitrogen and oxygen atoms in total. The van der Waals surface area contributed by atoms with E-state index in [1.165, 1.54) is 12.1 Å². The fourth-order valence-corrected chi connectivity index (χ4v) is 2.70. The molecule has 0 aromatic heterocycles. The first-order chi connectivity index (χ1) is 9.61. The zero-order valence-corrected chi connectivity index (χ0v) is 13.6. The van der Waals surface area contributed by atoms with Gasteiger partial charge in [0.05, 0.1) is 9.40 Å². The van der Waals surface area contributed by atoms with Gasteiger partial charge in [-0.05, 0) is 27.6 Å². The molecule has 2 aromatic rings. The van der Waals surface area contributed by atoms with Crippen molar-refractivity contribution >= 4 is 37.5 Å². The van der Waals surface area contributed by atoms with Crippen LogP contribution in [-0.2, 0) is 11.9 Å². The van der Waals surface area contributed by atoms with E-state index in [9.17, 15) is 10.1 Å². The molecule has 0 aliphatic carbocycles. The quantitative estimate of drug-likeness (QED) is 0.410. The van der Waals surface area contributed by atoms with Gasteiger partial charge in [-0.3, -0.25) is 10.1 Å². The summed E-state index contributed by atoms with van der Waals surface area (Å²) in [5.74, 6) is 0.746. The summed E-state index contributed by atoms with van der Waals surface area (Å²) in [5.41, 5.74) is 1.85. The fraction of sp³-hybridized carbons (Fsp3) is 0.143. The predicted octanol–water partition coefficient (Wildman–Crippen LogP) is 4.83. The summed E-state index contributed by atoms with van der Waals surface area (Å²) in [6, 6.07) is 12.2. The number of nitro benzene ring substituents is 1. The Morgan fingerprint density at radius 1 is 1.20 bits per heavy atom. The molecule has 0 radical (unpaired) electrons. The molecule has 0 heterocycles. The van der Waals surface area contributed by atoms with E-state index in [1.54, 1.807) is 12.1 Å². The van der Waals surface area contributed by atoms with Gasteiger partial charge in [-0.15, -0.1) is 0 Å². The number of ether oxygens (including phenoxy) is 1. The molecule has 0 spiro atoms. The molecular formula is C14H11Br2NO3. The van der Waals surface area contributed by atoms with Crippen molar-refractivity contribution in [3.8, 4) is 5.75 Å². The molecule has 0 atom stereocenters. The molecule has 20 heavy (non-hydrogen) atoms. The van der Waals surface area contributed by atoms with Crippen LogP contribution in [0.25, 0.3) is 0 Å². The summed E-state index contributed by atoms with van der Waals surface area (Å²) >= 11 is 6.85. The maximum Gasteiger partial charge on any atom is 0.269 e. The van der Waals surface area contributed by atoms with Gasteiger partial charge in [-0.1, -0.05) is 40.2 Å². The zero-order valence-electron chi connectivity index (χ0n) is 10.4. The second kappa shape index (κ2) is 6.85. The molecule has 0 N–H and O–H groups in total. The molecule has 2 aromatic carbocycles. The number of benzene rings is 2. The number of nitro groups is 1. The van der Waals surface area contributed by atoms with E-state index in [4.69, 9.17) is 4.74 Å². The monoisotopic (exact) mass is 399 g/mol. The summed E-state index contributed by atoms with van der Waals surface area (Å²) < 4.78 is 6.64. The third-order valence-corrected chi connectivity index (χ3v) is 3.93. The van der Waals surface area contributed by atoms with Gasteiger partial charge in [0.2, 0.25) is 0 Å². The zero-order chi connectivity index (χ0) is 14.5. The van der Waals surface area contributed by atoms with Gasteiger partial charge in [0.1, 0.15) is 12.4 Å². The highest BCUT2D eigenvalue weighted by Gasteiger charge is 2.09. The lowest BCUT2D eigenvalue weighted by molar-refractivity contribution is -0.384. The van der Waals surface area contributed by atoms with E-state index in [0.717, 1.165) is 21.3 Å². The molecule has 104 valence electrons. The highest BCUT2D eigenvalue weighted by Crippen LogP contribution is 2.31. The lowest BCUT2D eigenvalue weighted by Crippen LogP contribution is -1.99. The molecule has 0 fully saturated rings. The van der Waals surface area contributed by atoms with E-state index in [0.29, 0.717) is 5.33 Å². The van der Waals surface area contributed by atoms with Crippen LogP contribution in [0.2, 0.25) is 0 Å². The van der Waals surface area contributed by atoms with Gasteiger partial charge in [0.25, 0.3) is 5.69 Å². The highest BCUT2D eigenvalue weighted by atomic mass is 79.9. The maximum absolute atomic E-state index is 10.7. The van der Waals surface area contributed by atoms with E-state index in [1.807, 2.05) is 18.2 Å². The lowest BCUT2D eigenvalue weighted by atomic mass is 10.2. The molecule has 0 unspecified atom stereocenters. The number of hydrogen-bond donors (Lipinski definition) is 0. The van der Waals surface area contributed by atoms with E-state index in [-0.39, 0.29) is 12.3 Å². The molecule has 2 rings (SSSR count). The topological polar surface area (TPSA) is 52.4 Å². The van der Waals surface area contributed by atoms with Crippen molar-refractivity contribution in [3.05, 3.63) is 68.2 Å². The van der Waals surface area contributed by atoms with Crippen LogP contribution in [0.5, 0.6) is 5.75 Å². The first kappa shape index (κ1) is 15.0. The van der Waals surface area contributed by atoms with Gasteiger partial charge in [0, 0.05) is 23.0 Å². The predicted molar refractivity (Wildman–Crippen MR) is 84.2 cm³/mol.